The van der Waals surface area contributed by atoms with Gasteiger partial charge in [-0.2, -0.15) is 0 Å². The largest absolute Gasteiger partial charge is 0.492 e. The fraction of sp³-hybridized carbons (Fsp3) is 0.647. The Morgan fingerprint density at radius 3 is 2.75 bits per heavy atom. The molecule has 0 bridgehead atoms. The lowest BCUT2D eigenvalue weighted by atomic mass is 10.0. The Hall–Kier alpha value is -1.06. The second-order valence-electron chi connectivity index (χ2n) is 5.65. The maximum Gasteiger partial charge on any atom is 0.119 e. The average Bonchev–Trinajstić information content (AvgIpc) is 2.48. The third-order valence-corrected chi connectivity index (χ3v) is 4.09. The van der Waals surface area contributed by atoms with Gasteiger partial charge < -0.3 is 10.1 Å². The van der Waals surface area contributed by atoms with Crippen molar-refractivity contribution in [2.75, 3.05) is 26.2 Å². The molecule has 1 aromatic rings. The molecule has 0 aromatic heterocycles. The zero-order chi connectivity index (χ0) is 14.2. The third kappa shape index (κ3) is 4.80. The summed E-state index contributed by atoms with van der Waals surface area (Å²) in [5.74, 6) is 0.981. The first-order valence-electron chi connectivity index (χ1n) is 7.96. The van der Waals surface area contributed by atoms with Crippen molar-refractivity contribution in [1.29, 1.82) is 0 Å². The van der Waals surface area contributed by atoms with Crippen LogP contribution in [-0.4, -0.2) is 37.2 Å². The normalized spacial score (nSPS) is 20.0. The number of hydrogen-bond acceptors (Lipinski definition) is 3. The lowest BCUT2D eigenvalue weighted by Crippen LogP contribution is -2.39. The molecule has 20 heavy (non-hydrogen) atoms. The van der Waals surface area contributed by atoms with E-state index in [1.807, 2.05) is 0 Å². The van der Waals surface area contributed by atoms with Crippen LogP contribution in [0.3, 0.4) is 0 Å². The van der Waals surface area contributed by atoms with Crippen LogP contribution in [0.15, 0.2) is 24.3 Å². The van der Waals surface area contributed by atoms with Crippen LogP contribution in [0.2, 0.25) is 0 Å². The summed E-state index contributed by atoms with van der Waals surface area (Å²) in [6, 6.07) is 9.15. The standard InChI is InChI=1S/C17H28N2O/c1-3-18-14-16-7-9-17(10-8-16)20-13-12-19-11-5-4-6-15(19)2/h7-10,15,18H,3-6,11-14H2,1-2H3. The van der Waals surface area contributed by atoms with Crippen molar-refractivity contribution in [1.82, 2.24) is 10.2 Å². The molecule has 1 aliphatic heterocycles. The SMILES string of the molecule is CCNCc1ccc(OCCN2CCCCC2C)cc1. The van der Waals surface area contributed by atoms with Crippen LogP contribution >= 0.6 is 0 Å². The highest BCUT2D eigenvalue weighted by atomic mass is 16.5. The molecule has 1 fully saturated rings. The zero-order valence-corrected chi connectivity index (χ0v) is 12.9. The van der Waals surface area contributed by atoms with Crippen LogP contribution in [0.5, 0.6) is 5.75 Å². The molecule has 1 aliphatic rings. The van der Waals surface area contributed by atoms with Crippen LogP contribution in [0, 0.1) is 0 Å². The lowest BCUT2D eigenvalue weighted by molar-refractivity contribution is 0.133. The van der Waals surface area contributed by atoms with Gasteiger partial charge in [-0.25, -0.2) is 0 Å². The maximum absolute atomic E-state index is 5.85. The monoisotopic (exact) mass is 276 g/mol. The summed E-state index contributed by atoms with van der Waals surface area (Å²) in [5.41, 5.74) is 1.31. The Bertz CT molecular complexity index is 377. The van der Waals surface area contributed by atoms with E-state index in [1.165, 1.54) is 31.4 Å². The predicted octanol–water partition coefficient (Wildman–Crippen LogP) is 3.05. The quantitative estimate of drug-likeness (QED) is 0.828. The van der Waals surface area contributed by atoms with Gasteiger partial charge in [0.05, 0.1) is 0 Å². The minimum absolute atomic E-state index is 0.717. The van der Waals surface area contributed by atoms with Crippen LogP contribution in [-0.2, 0) is 6.54 Å². The Balaban J connectivity index is 1.70. The first-order valence-corrected chi connectivity index (χ1v) is 7.96. The Morgan fingerprint density at radius 1 is 1.25 bits per heavy atom. The molecule has 0 radical (unpaired) electrons. The summed E-state index contributed by atoms with van der Waals surface area (Å²) in [5, 5.41) is 3.33. The first-order chi connectivity index (χ1) is 9.79. The number of piperidine rings is 1. The van der Waals surface area contributed by atoms with E-state index >= 15 is 0 Å². The Morgan fingerprint density at radius 2 is 2.05 bits per heavy atom. The molecule has 112 valence electrons. The molecule has 3 heteroatoms. The fourth-order valence-electron chi connectivity index (χ4n) is 2.74. The summed E-state index contributed by atoms with van der Waals surface area (Å²) in [6.07, 6.45) is 4.05. The van der Waals surface area contributed by atoms with Crippen LogP contribution in [0.25, 0.3) is 0 Å². The van der Waals surface area contributed by atoms with Gasteiger partial charge in [0.2, 0.25) is 0 Å². The van der Waals surface area contributed by atoms with E-state index in [4.69, 9.17) is 4.74 Å². The van der Waals surface area contributed by atoms with Gasteiger partial charge in [0.25, 0.3) is 0 Å². The van der Waals surface area contributed by atoms with Gasteiger partial charge in [0.15, 0.2) is 0 Å². The Labute approximate surface area is 123 Å². The molecule has 0 amide bonds. The van der Waals surface area contributed by atoms with Crippen molar-refractivity contribution >= 4 is 0 Å². The average molecular weight is 276 g/mol. The summed E-state index contributed by atoms with van der Waals surface area (Å²) in [7, 11) is 0. The predicted molar refractivity (Wildman–Crippen MR) is 84.2 cm³/mol. The van der Waals surface area contributed by atoms with Crippen molar-refractivity contribution < 1.29 is 4.74 Å². The van der Waals surface area contributed by atoms with E-state index in [-0.39, 0.29) is 0 Å². The lowest BCUT2D eigenvalue weighted by Gasteiger charge is -2.33. The van der Waals surface area contributed by atoms with Crippen molar-refractivity contribution in [3.05, 3.63) is 29.8 Å². The molecular formula is C17H28N2O. The van der Waals surface area contributed by atoms with E-state index in [0.717, 1.165) is 38.0 Å². The van der Waals surface area contributed by atoms with E-state index in [0.29, 0.717) is 0 Å². The van der Waals surface area contributed by atoms with Gasteiger partial charge in [0, 0.05) is 19.1 Å². The molecule has 0 spiro atoms. The van der Waals surface area contributed by atoms with Crippen LogP contribution < -0.4 is 10.1 Å². The van der Waals surface area contributed by atoms with Crippen LogP contribution in [0.4, 0.5) is 0 Å². The van der Waals surface area contributed by atoms with E-state index in [2.05, 4.69) is 48.3 Å². The summed E-state index contributed by atoms with van der Waals surface area (Å²) >= 11 is 0. The third-order valence-electron chi connectivity index (χ3n) is 4.09. The van der Waals surface area contributed by atoms with Gasteiger partial charge in [-0.05, 0) is 50.6 Å². The van der Waals surface area contributed by atoms with Crippen molar-refractivity contribution in [2.45, 2.75) is 45.7 Å². The highest BCUT2D eigenvalue weighted by Crippen LogP contribution is 2.16. The Kier molecular flexibility index (Phi) is 6.34. The van der Waals surface area contributed by atoms with E-state index in [9.17, 15) is 0 Å². The second kappa shape index (κ2) is 8.28. The minimum Gasteiger partial charge on any atom is -0.492 e. The number of nitrogens with one attached hydrogen (secondary N) is 1. The minimum atomic E-state index is 0.717. The number of hydrogen-bond donors (Lipinski definition) is 1. The van der Waals surface area contributed by atoms with Crippen LogP contribution in [0.1, 0.15) is 38.7 Å². The topological polar surface area (TPSA) is 24.5 Å². The molecular weight excluding hydrogens is 248 g/mol. The first kappa shape index (κ1) is 15.3. The van der Waals surface area contributed by atoms with E-state index in [1.54, 1.807) is 0 Å². The summed E-state index contributed by atoms with van der Waals surface area (Å²) in [6.45, 7) is 9.45. The number of rotatable bonds is 7. The van der Waals surface area contributed by atoms with Gasteiger partial charge in [-0.1, -0.05) is 25.5 Å². The number of nitrogens with zero attached hydrogens (tertiary/aromatic N) is 1. The number of likely N-dealkylation sites (tertiary alicyclic amines) is 1. The molecule has 0 saturated carbocycles. The molecule has 0 aliphatic carbocycles. The number of benzene rings is 1. The highest BCUT2D eigenvalue weighted by Gasteiger charge is 2.17. The molecule has 3 nitrogen and oxygen atoms in total. The van der Waals surface area contributed by atoms with Gasteiger partial charge in [0.1, 0.15) is 12.4 Å². The fourth-order valence-corrected chi connectivity index (χ4v) is 2.74. The molecule has 1 unspecified atom stereocenters. The molecule has 1 N–H and O–H groups in total. The zero-order valence-electron chi connectivity index (χ0n) is 12.9. The summed E-state index contributed by atoms with van der Waals surface area (Å²) in [4.78, 5) is 2.54. The smallest absolute Gasteiger partial charge is 0.119 e. The molecule has 1 aromatic carbocycles. The number of ether oxygens (including phenoxy) is 1. The highest BCUT2D eigenvalue weighted by molar-refractivity contribution is 5.27. The van der Waals surface area contributed by atoms with Gasteiger partial charge in [-0.3, -0.25) is 4.90 Å². The van der Waals surface area contributed by atoms with Crippen molar-refractivity contribution in [3.63, 3.8) is 0 Å². The van der Waals surface area contributed by atoms with Gasteiger partial charge in [-0.15, -0.1) is 0 Å². The molecule has 2 rings (SSSR count). The van der Waals surface area contributed by atoms with Gasteiger partial charge >= 0.3 is 0 Å². The molecule has 1 atom stereocenters. The second-order valence-corrected chi connectivity index (χ2v) is 5.65. The molecule has 1 heterocycles. The maximum atomic E-state index is 5.85. The van der Waals surface area contributed by atoms with Crippen molar-refractivity contribution in [2.24, 2.45) is 0 Å². The van der Waals surface area contributed by atoms with Crippen molar-refractivity contribution in [3.8, 4) is 5.75 Å². The summed E-state index contributed by atoms with van der Waals surface area (Å²) < 4.78 is 5.85. The molecule has 1 saturated heterocycles. The van der Waals surface area contributed by atoms with E-state index < -0.39 is 0 Å².